The van der Waals surface area contributed by atoms with Gasteiger partial charge in [-0.1, -0.05) is 23.7 Å². The second kappa shape index (κ2) is 5.59. The number of hydrogen-bond acceptors (Lipinski definition) is 3. The van der Waals surface area contributed by atoms with Gasteiger partial charge in [0.05, 0.1) is 23.3 Å². The normalized spacial score (nSPS) is 20.4. The van der Waals surface area contributed by atoms with Crippen molar-refractivity contribution >= 4 is 23.2 Å². The highest BCUT2D eigenvalue weighted by molar-refractivity contribution is 6.33. The molecule has 0 aromatic heterocycles. The zero-order valence-corrected chi connectivity index (χ0v) is 11.4. The van der Waals surface area contributed by atoms with E-state index in [1.807, 2.05) is 48.2 Å². The number of likely N-dealkylation sites (N-methyl/N-ethyl adjacent to an activating group) is 2. The lowest BCUT2D eigenvalue weighted by Gasteiger charge is -2.40. The van der Waals surface area contributed by atoms with Crippen molar-refractivity contribution in [2.24, 2.45) is 0 Å². The number of hydrogen-bond donors (Lipinski definition) is 1. The van der Waals surface area contributed by atoms with Crippen LogP contribution >= 0.6 is 11.6 Å². The van der Waals surface area contributed by atoms with Crippen molar-refractivity contribution in [1.29, 1.82) is 0 Å². The predicted octanol–water partition coefficient (Wildman–Crippen LogP) is 1.21. The summed E-state index contributed by atoms with van der Waals surface area (Å²) in [5.41, 5.74) is 0.932. The number of rotatable bonds is 3. The first-order chi connectivity index (χ1) is 8.63. The highest BCUT2D eigenvalue weighted by Gasteiger charge is 2.30. The van der Waals surface area contributed by atoms with Gasteiger partial charge in [0.2, 0.25) is 5.91 Å². The molecule has 1 amide bonds. The molecule has 2 rings (SSSR count). The molecular formula is C13H18ClN3O. The van der Waals surface area contributed by atoms with Crippen molar-refractivity contribution in [3.63, 3.8) is 0 Å². The molecule has 0 saturated carbocycles. The lowest BCUT2D eigenvalue weighted by molar-refractivity contribution is -0.131. The van der Waals surface area contributed by atoms with Crippen molar-refractivity contribution in [2.75, 3.05) is 38.6 Å². The number of nitrogens with one attached hydrogen (secondary N) is 1. The third kappa shape index (κ3) is 2.60. The Labute approximate surface area is 113 Å². The van der Waals surface area contributed by atoms with E-state index < -0.39 is 0 Å². The van der Waals surface area contributed by atoms with Gasteiger partial charge in [0, 0.05) is 20.1 Å². The van der Waals surface area contributed by atoms with Gasteiger partial charge in [-0.3, -0.25) is 4.79 Å². The zero-order valence-electron chi connectivity index (χ0n) is 10.7. The van der Waals surface area contributed by atoms with Crippen molar-refractivity contribution in [3.05, 3.63) is 29.3 Å². The molecule has 98 valence electrons. The minimum atomic E-state index is 0.126. The maximum Gasteiger partial charge on any atom is 0.242 e. The van der Waals surface area contributed by atoms with Crippen molar-refractivity contribution in [3.8, 4) is 0 Å². The first kappa shape index (κ1) is 13.2. The lowest BCUT2D eigenvalue weighted by Crippen LogP contribution is -2.57. The number of para-hydroxylation sites is 1. The summed E-state index contributed by atoms with van der Waals surface area (Å²) in [5.74, 6) is 0.126. The first-order valence-corrected chi connectivity index (χ1v) is 6.41. The summed E-state index contributed by atoms with van der Waals surface area (Å²) in [6.07, 6.45) is 0. The Bertz CT molecular complexity index is 438. The Balaban J connectivity index is 2.20. The van der Waals surface area contributed by atoms with Crippen LogP contribution in [0.5, 0.6) is 0 Å². The molecule has 1 unspecified atom stereocenters. The number of amides is 1. The van der Waals surface area contributed by atoms with E-state index in [9.17, 15) is 4.79 Å². The minimum Gasteiger partial charge on any atom is -0.359 e. The second-order valence-corrected chi connectivity index (χ2v) is 4.96. The highest BCUT2D eigenvalue weighted by atomic mass is 35.5. The first-order valence-electron chi connectivity index (χ1n) is 6.03. The topological polar surface area (TPSA) is 35.6 Å². The van der Waals surface area contributed by atoms with Gasteiger partial charge < -0.3 is 15.1 Å². The number of carbonyl (C=O) groups is 1. The predicted molar refractivity (Wildman–Crippen MR) is 74.1 cm³/mol. The molecule has 1 atom stereocenters. The molecule has 0 radical (unpaired) electrons. The summed E-state index contributed by atoms with van der Waals surface area (Å²) < 4.78 is 0. The monoisotopic (exact) mass is 267 g/mol. The maximum atomic E-state index is 12.0. The van der Waals surface area contributed by atoms with E-state index in [0.29, 0.717) is 11.6 Å². The molecule has 0 aliphatic carbocycles. The molecule has 1 aliphatic heterocycles. The van der Waals surface area contributed by atoms with Gasteiger partial charge in [0.1, 0.15) is 0 Å². The van der Waals surface area contributed by atoms with Gasteiger partial charge in [0.25, 0.3) is 0 Å². The molecule has 5 heteroatoms. The van der Waals surface area contributed by atoms with Crippen LogP contribution in [0.15, 0.2) is 24.3 Å². The van der Waals surface area contributed by atoms with Gasteiger partial charge in [-0.05, 0) is 19.2 Å². The van der Waals surface area contributed by atoms with E-state index in [0.717, 1.165) is 18.8 Å². The molecule has 1 aliphatic rings. The molecule has 0 spiro atoms. The van der Waals surface area contributed by atoms with E-state index in [1.54, 1.807) is 0 Å². The molecule has 1 N–H and O–H groups in total. The van der Waals surface area contributed by atoms with Crippen LogP contribution in [0, 0.1) is 0 Å². The quantitative estimate of drug-likeness (QED) is 0.894. The average molecular weight is 268 g/mol. The molecule has 1 aromatic carbocycles. The Morgan fingerprint density at radius 1 is 1.44 bits per heavy atom. The third-order valence-electron chi connectivity index (χ3n) is 3.33. The van der Waals surface area contributed by atoms with Crippen LogP contribution in [-0.4, -0.2) is 50.6 Å². The van der Waals surface area contributed by atoms with Crippen molar-refractivity contribution in [2.45, 2.75) is 6.04 Å². The Kier molecular flexibility index (Phi) is 4.09. The summed E-state index contributed by atoms with van der Waals surface area (Å²) in [4.78, 5) is 15.8. The van der Waals surface area contributed by atoms with Crippen LogP contribution in [0.2, 0.25) is 5.02 Å². The van der Waals surface area contributed by atoms with Gasteiger partial charge in [-0.25, -0.2) is 0 Å². The molecular weight excluding hydrogens is 250 g/mol. The molecule has 0 bridgehead atoms. The van der Waals surface area contributed by atoms with Crippen LogP contribution in [0.4, 0.5) is 5.69 Å². The average Bonchev–Trinajstić information content (AvgIpc) is 2.35. The number of anilines is 1. The van der Waals surface area contributed by atoms with Gasteiger partial charge in [-0.2, -0.15) is 0 Å². The Morgan fingerprint density at radius 3 is 2.83 bits per heavy atom. The van der Waals surface area contributed by atoms with E-state index >= 15 is 0 Å². The van der Waals surface area contributed by atoms with E-state index in [1.165, 1.54) is 0 Å². The number of nitrogens with zero attached hydrogens (tertiary/aromatic N) is 2. The summed E-state index contributed by atoms with van der Waals surface area (Å²) in [6, 6.07) is 7.82. The van der Waals surface area contributed by atoms with Crippen LogP contribution < -0.4 is 10.2 Å². The maximum absolute atomic E-state index is 12.0. The molecule has 1 aromatic rings. The zero-order chi connectivity index (χ0) is 13.1. The fraction of sp³-hybridized carbons (Fsp3) is 0.462. The third-order valence-corrected chi connectivity index (χ3v) is 3.65. The van der Waals surface area contributed by atoms with Crippen LogP contribution in [0.25, 0.3) is 0 Å². The van der Waals surface area contributed by atoms with E-state index in [-0.39, 0.29) is 11.9 Å². The SMILES string of the molecule is CNCC1CN(c2ccccc2Cl)CC(=O)N1C. The lowest BCUT2D eigenvalue weighted by atomic mass is 10.1. The summed E-state index contributed by atoms with van der Waals surface area (Å²) >= 11 is 6.18. The number of piperazine rings is 1. The Hall–Kier alpha value is -1.26. The molecule has 18 heavy (non-hydrogen) atoms. The molecule has 1 saturated heterocycles. The number of benzene rings is 1. The summed E-state index contributed by atoms with van der Waals surface area (Å²) in [7, 11) is 3.75. The summed E-state index contributed by atoms with van der Waals surface area (Å²) in [5, 5.41) is 3.81. The fourth-order valence-corrected chi connectivity index (χ4v) is 2.50. The number of carbonyl (C=O) groups excluding carboxylic acids is 1. The molecule has 1 heterocycles. The van der Waals surface area contributed by atoms with E-state index in [2.05, 4.69) is 5.32 Å². The van der Waals surface area contributed by atoms with Crippen molar-refractivity contribution in [1.82, 2.24) is 10.2 Å². The largest absolute Gasteiger partial charge is 0.359 e. The fourth-order valence-electron chi connectivity index (χ4n) is 2.25. The van der Waals surface area contributed by atoms with Crippen molar-refractivity contribution < 1.29 is 4.79 Å². The van der Waals surface area contributed by atoms with Crippen LogP contribution in [0.1, 0.15) is 0 Å². The highest BCUT2D eigenvalue weighted by Crippen LogP contribution is 2.27. The smallest absolute Gasteiger partial charge is 0.242 e. The molecule has 4 nitrogen and oxygen atoms in total. The van der Waals surface area contributed by atoms with Gasteiger partial charge >= 0.3 is 0 Å². The molecule has 1 fully saturated rings. The van der Waals surface area contributed by atoms with Crippen LogP contribution in [-0.2, 0) is 4.79 Å². The van der Waals surface area contributed by atoms with Gasteiger partial charge in [-0.15, -0.1) is 0 Å². The second-order valence-electron chi connectivity index (χ2n) is 4.55. The minimum absolute atomic E-state index is 0.126. The van der Waals surface area contributed by atoms with E-state index in [4.69, 9.17) is 11.6 Å². The Morgan fingerprint density at radius 2 is 2.17 bits per heavy atom. The van der Waals surface area contributed by atoms with Gasteiger partial charge in [0.15, 0.2) is 0 Å². The van der Waals surface area contributed by atoms with Crippen LogP contribution in [0.3, 0.4) is 0 Å². The standard InChI is InChI=1S/C13H18ClN3O/c1-15-7-10-8-17(9-13(18)16(10)2)12-6-4-3-5-11(12)14/h3-6,10,15H,7-9H2,1-2H3. The number of halogens is 1. The summed E-state index contributed by atoms with van der Waals surface area (Å²) in [6.45, 7) is 1.97.